The van der Waals surface area contributed by atoms with E-state index in [9.17, 15) is 9.59 Å². The molecule has 2 N–H and O–H groups in total. The molecule has 1 saturated heterocycles. The van der Waals surface area contributed by atoms with Gasteiger partial charge in [-0.1, -0.05) is 18.2 Å². The molecule has 1 fully saturated rings. The highest BCUT2D eigenvalue weighted by atomic mass is 32.1. The number of fused-ring (bicyclic) bond motifs is 1. The number of aromatic nitrogens is 2. The van der Waals surface area contributed by atoms with Crippen LogP contribution in [-0.4, -0.2) is 66.9 Å². The third kappa shape index (κ3) is 4.02. The molecule has 0 aliphatic carbocycles. The zero-order valence-electron chi connectivity index (χ0n) is 16.0. The Kier molecular flexibility index (Phi) is 5.89. The van der Waals surface area contributed by atoms with E-state index in [1.54, 1.807) is 24.3 Å². The summed E-state index contributed by atoms with van der Waals surface area (Å²) in [7, 11) is 1.60. The molecule has 0 radical (unpaired) electrons. The number of nitrogens with one attached hydrogen (secondary N) is 2. The summed E-state index contributed by atoms with van der Waals surface area (Å²) in [6.45, 7) is 2.14. The summed E-state index contributed by atoms with van der Waals surface area (Å²) in [6, 6.07) is 9.53. The van der Waals surface area contributed by atoms with Crippen molar-refractivity contribution in [3.8, 4) is 0 Å². The van der Waals surface area contributed by atoms with Gasteiger partial charge in [-0.15, -0.1) is 11.3 Å². The van der Waals surface area contributed by atoms with Crippen molar-refractivity contribution < 1.29 is 19.1 Å². The highest BCUT2D eigenvalue weighted by molar-refractivity contribution is 7.21. The van der Waals surface area contributed by atoms with E-state index >= 15 is 0 Å². The number of hydrogen-bond donors (Lipinski definition) is 2. The van der Waals surface area contributed by atoms with Gasteiger partial charge in [-0.05, 0) is 17.5 Å². The number of morpholine rings is 1. The molecule has 4 rings (SSSR count). The van der Waals surface area contributed by atoms with Crippen LogP contribution in [0.3, 0.4) is 0 Å². The van der Waals surface area contributed by atoms with Crippen molar-refractivity contribution in [1.29, 1.82) is 0 Å². The Morgan fingerprint density at radius 2 is 2.24 bits per heavy atom. The Labute approximate surface area is 171 Å². The minimum Gasteiger partial charge on any atom is -0.383 e. The largest absolute Gasteiger partial charge is 0.383 e. The lowest BCUT2D eigenvalue weighted by Gasteiger charge is -2.33. The van der Waals surface area contributed by atoms with E-state index in [4.69, 9.17) is 9.47 Å². The number of aromatic amines is 1. The highest BCUT2D eigenvalue weighted by Gasteiger charge is 2.32. The molecule has 0 bridgehead atoms. The van der Waals surface area contributed by atoms with Crippen molar-refractivity contribution >= 4 is 33.2 Å². The van der Waals surface area contributed by atoms with Gasteiger partial charge in [0.25, 0.3) is 11.8 Å². The van der Waals surface area contributed by atoms with Gasteiger partial charge >= 0.3 is 0 Å². The van der Waals surface area contributed by atoms with E-state index in [1.807, 2.05) is 24.3 Å². The number of carbonyl (C=O) groups is 2. The van der Waals surface area contributed by atoms with Crippen molar-refractivity contribution in [3.05, 3.63) is 52.7 Å². The summed E-state index contributed by atoms with van der Waals surface area (Å²) in [5, 5.41) is 10.4. The molecule has 2 amide bonds. The number of rotatable bonds is 6. The van der Waals surface area contributed by atoms with Crippen LogP contribution >= 0.6 is 11.3 Å². The molecule has 8 nitrogen and oxygen atoms in total. The molecule has 0 saturated carbocycles. The summed E-state index contributed by atoms with van der Waals surface area (Å²) >= 11 is 1.44. The van der Waals surface area contributed by atoms with Crippen molar-refractivity contribution in [2.45, 2.75) is 6.10 Å². The molecular weight excluding hydrogens is 392 g/mol. The number of benzene rings is 1. The molecule has 3 aromatic rings. The molecule has 1 atom stereocenters. The molecule has 1 aliphatic rings. The fourth-order valence-corrected chi connectivity index (χ4v) is 4.63. The second kappa shape index (κ2) is 8.73. The van der Waals surface area contributed by atoms with Crippen LogP contribution in [0.5, 0.6) is 0 Å². The Morgan fingerprint density at radius 1 is 1.38 bits per heavy atom. The molecule has 9 heteroatoms. The predicted molar refractivity (Wildman–Crippen MR) is 109 cm³/mol. The van der Waals surface area contributed by atoms with E-state index in [0.29, 0.717) is 43.4 Å². The third-order valence-electron chi connectivity index (χ3n) is 4.84. The van der Waals surface area contributed by atoms with Crippen LogP contribution in [0.25, 0.3) is 10.1 Å². The fourth-order valence-electron chi connectivity index (χ4n) is 3.45. The normalized spacial score (nSPS) is 16.9. The van der Waals surface area contributed by atoms with Gasteiger partial charge < -0.3 is 19.7 Å². The lowest BCUT2D eigenvalue weighted by Crippen LogP contribution is -2.42. The summed E-state index contributed by atoms with van der Waals surface area (Å²) < 4.78 is 12.1. The number of carbonyl (C=O) groups excluding carboxylic acids is 2. The number of nitrogens with zero attached hydrogens (tertiary/aromatic N) is 2. The zero-order valence-corrected chi connectivity index (χ0v) is 16.8. The first kappa shape index (κ1) is 19.6. The molecule has 0 unspecified atom stereocenters. The maximum absolute atomic E-state index is 12.8. The maximum Gasteiger partial charge on any atom is 0.272 e. The Balaban J connectivity index is 1.64. The second-order valence-electron chi connectivity index (χ2n) is 6.67. The van der Waals surface area contributed by atoms with Gasteiger partial charge in [0.05, 0.1) is 24.6 Å². The lowest BCUT2D eigenvalue weighted by molar-refractivity contribution is -0.0224. The first-order valence-corrected chi connectivity index (χ1v) is 10.2. The smallest absolute Gasteiger partial charge is 0.272 e. The van der Waals surface area contributed by atoms with Crippen LogP contribution < -0.4 is 5.32 Å². The number of amides is 2. The average molecular weight is 414 g/mol. The topological polar surface area (TPSA) is 96.5 Å². The Bertz CT molecular complexity index is 1000. The SMILES string of the molecule is COCCNC(=O)c1sc2ccccc2c1[C@@H]1CN(C(=O)c2ccn[nH]2)CCO1. The van der Waals surface area contributed by atoms with Crippen LogP contribution in [0.4, 0.5) is 0 Å². The van der Waals surface area contributed by atoms with E-state index in [1.165, 1.54) is 11.3 Å². The van der Waals surface area contributed by atoms with Gasteiger partial charge in [-0.2, -0.15) is 5.10 Å². The summed E-state index contributed by atoms with van der Waals surface area (Å²) in [5.41, 5.74) is 1.28. The van der Waals surface area contributed by atoms with Crippen LogP contribution in [0.1, 0.15) is 31.8 Å². The predicted octanol–water partition coefficient (Wildman–Crippen LogP) is 2.21. The highest BCUT2D eigenvalue weighted by Crippen LogP contribution is 2.38. The number of methoxy groups -OCH3 is 1. The lowest BCUT2D eigenvalue weighted by atomic mass is 10.0. The van der Waals surface area contributed by atoms with Gasteiger partial charge in [0.1, 0.15) is 11.8 Å². The number of hydrogen-bond acceptors (Lipinski definition) is 6. The van der Waals surface area contributed by atoms with Crippen LogP contribution in [0, 0.1) is 0 Å². The zero-order chi connectivity index (χ0) is 20.2. The van der Waals surface area contributed by atoms with E-state index in [2.05, 4.69) is 15.5 Å². The Morgan fingerprint density at radius 3 is 3.03 bits per heavy atom. The number of ether oxygens (including phenoxy) is 2. The Hall–Kier alpha value is -2.75. The van der Waals surface area contributed by atoms with E-state index in [-0.39, 0.29) is 17.9 Å². The molecule has 0 spiro atoms. The van der Waals surface area contributed by atoms with Crippen LogP contribution in [0.15, 0.2) is 36.5 Å². The fraction of sp³-hybridized carbons (Fsp3) is 0.350. The van der Waals surface area contributed by atoms with E-state index < -0.39 is 0 Å². The van der Waals surface area contributed by atoms with Gasteiger partial charge in [-0.3, -0.25) is 14.7 Å². The molecule has 3 heterocycles. The van der Waals surface area contributed by atoms with E-state index in [0.717, 1.165) is 15.6 Å². The summed E-state index contributed by atoms with van der Waals surface area (Å²) in [6.07, 6.45) is 1.18. The number of thiophene rings is 1. The first-order valence-electron chi connectivity index (χ1n) is 9.38. The van der Waals surface area contributed by atoms with Gasteiger partial charge in [0, 0.05) is 36.7 Å². The van der Waals surface area contributed by atoms with Gasteiger partial charge in [0.2, 0.25) is 0 Å². The molecule has 1 aromatic carbocycles. The van der Waals surface area contributed by atoms with Crippen molar-refractivity contribution in [2.24, 2.45) is 0 Å². The second-order valence-corrected chi connectivity index (χ2v) is 7.72. The first-order chi connectivity index (χ1) is 14.2. The summed E-state index contributed by atoms with van der Waals surface area (Å²) in [5.74, 6) is -0.278. The molecule has 2 aromatic heterocycles. The minimum absolute atomic E-state index is 0.124. The minimum atomic E-state index is -0.380. The van der Waals surface area contributed by atoms with Gasteiger partial charge in [-0.25, -0.2) is 0 Å². The summed E-state index contributed by atoms with van der Waals surface area (Å²) in [4.78, 5) is 27.9. The van der Waals surface area contributed by atoms with Crippen LogP contribution in [-0.2, 0) is 9.47 Å². The van der Waals surface area contributed by atoms with Crippen LogP contribution in [0.2, 0.25) is 0 Å². The quantitative estimate of drug-likeness (QED) is 0.603. The molecule has 1 aliphatic heterocycles. The van der Waals surface area contributed by atoms with Crippen molar-refractivity contribution in [2.75, 3.05) is 40.0 Å². The molecule has 29 heavy (non-hydrogen) atoms. The van der Waals surface area contributed by atoms with Crippen molar-refractivity contribution in [1.82, 2.24) is 20.4 Å². The van der Waals surface area contributed by atoms with Crippen molar-refractivity contribution in [3.63, 3.8) is 0 Å². The third-order valence-corrected chi connectivity index (χ3v) is 6.02. The molecule has 152 valence electrons. The monoisotopic (exact) mass is 414 g/mol. The maximum atomic E-state index is 12.8. The average Bonchev–Trinajstić information content (AvgIpc) is 3.41. The van der Waals surface area contributed by atoms with Gasteiger partial charge in [0.15, 0.2) is 0 Å². The molecular formula is C20H22N4O4S. The number of H-pyrrole nitrogens is 1. The standard InChI is InChI=1S/C20H22N4O4S/c1-27-10-8-21-19(25)18-17(13-4-2-3-5-16(13)29-18)15-12-24(9-11-28-15)20(26)14-6-7-22-23-14/h2-7,15H,8-12H2,1H3,(H,21,25)(H,22,23)/t15-/m0/s1.